The molecular weight excluding hydrogens is 1020 g/mol. The molecule has 10 aliphatic heterocycles. The minimum atomic E-state index is 0.708. The fourth-order valence-electron chi connectivity index (χ4n) is 7.59. The number of nitrogens with zero attached hydrogens (tertiary/aromatic N) is 16. The number of piperidine rings is 1. The fourth-order valence-corrected chi connectivity index (χ4v) is 7.59. The van der Waals surface area contributed by atoms with Gasteiger partial charge in [-0.15, -0.1) is 0 Å². The third-order valence-corrected chi connectivity index (χ3v) is 13.6. The van der Waals surface area contributed by atoms with Gasteiger partial charge in [0.05, 0.1) is 32.9 Å². The normalized spacial score (nSPS) is 20.6. The second kappa shape index (κ2) is 52.6. The maximum Gasteiger partial charge on any atom is 0.160 e. The maximum atomic E-state index is 5.10. The first-order chi connectivity index (χ1) is 39.1. The molecule has 0 atom stereocenters. The number of hydrogen-bond acceptors (Lipinski definition) is 17. The van der Waals surface area contributed by atoms with E-state index in [2.05, 4.69) is 139 Å². The summed E-state index contributed by atoms with van der Waals surface area (Å²) in [4.78, 5) is 30.0. The van der Waals surface area contributed by atoms with Crippen LogP contribution in [0.4, 0.5) is 0 Å². The number of imidazole rings is 1. The highest BCUT2D eigenvalue weighted by atomic mass is 16.5. The minimum absolute atomic E-state index is 0.708. The Morgan fingerprint density at radius 1 is 0.395 bits per heavy atom. The van der Waals surface area contributed by atoms with Crippen molar-refractivity contribution in [1.29, 1.82) is 0 Å². The number of rotatable bonds is 0. The van der Waals surface area contributed by atoms with Crippen molar-refractivity contribution in [3.63, 3.8) is 0 Å². The van der Waals surface area contributed by atoms with Crippen LogP contribution in [0, 0.1) is 0 Å². The van der Waals surface area contributed by atoms with Gasteiger partial charge in [0.15, 0.2) is 6.73 Å². The van der Waals surface area contributed by atoms with Crippen LogP contribution in [-0.2, 0) is 35.4 Å². The van der Waals surface area contributed by atoms with Gasteiger partial charge in [-0.3, -0.25) is 9.58 Å². The van der Waals surface area contributed by atoms with E-state index < -0.39 is 0 Å². The highest BCUT2D eigenvalue weighted by Crippen LogP contribution is 2.07. The SMILES string of the molecule is CN1C=CC=CC1.CN1C=COC1.CN1CC1.CN1CCC1.CN1CCCC1.CN1CCCCC1.CN1CCCCCC1.CN1CCNCC1.CN1CCOC1.CN1CCOCC1.Cn1cccc1.Cn1ccnc1.Cn1cncn1. The topological polar surface area (TPSA) is 125 Å². The third kappa shape index (κ3) is 53.6. The average molecular weight is 1140 g/mol. The molecule has 10 aliphatic rings. The van der Waals surface area contributed by atoms with Gasteiger partial charge in [0, 0.05) is 132 Å². The number of piperazine rings is 1. The van der Waals surface area contributed by atoms with Crippen molar-refractivity contribution in [2.75, 3.05) is 222 Å². The number of morpholine rings is 1. The second-order valence-electron chi connectivity index (χ2n) is 22.3. The number of aryl methyl sites for hydroxylation is 3. The molecule has 20 nitrogen and oxygen atoms in total. The molecule has 1 N–H and O–H groups in total. The largest absolute Gasteiger partial charge is 0.479 e. The van der Waals surface area contributed by atoms with Crippen LogP contribution in [0.25, 0.3) is 0 Å². The van der Waals surface area contributed by atoms with Crippen molar-refractivity contribution < 1.29 is 14.2 Å². The number of allylic oxidation sites excluding steroid dienone is 2. The van der Waals surface area contributed by atoms with Gasteiger partial charge in [-0.1, -0.05) is 31.4 Å². The van der Waals surface area contributed by atoms with Gasteiger partial charge < -0.3 is 72.8 Å². The molecule has 0 spiro atoms. The van der Waals surface area contributed by atoms with Gasteiger partial charge in [-0.2, -0.15) is 5.10 Å². The molecule has 8 saturated heterocycles. The van der Waals surface area contributed by atoms with Crippen LogP contribution in [0.3, 0.4) is 0 Å². The summed E-state index contributed by atoms with van der Waals surface area (Å²) in [6.07, 6.45) is 38.6. The van der Waals surface area contributed by atoms with E-state index in [0.29, 0.717) is 6.73 Å². The van der Waals surface area contributed by atoms with E-state index in [1.165, 1.54) is 149 Å². The summed E-state index contributed by atoms with van der Waals surface area (Å²) in [7, 11) is 26.9. The van der Waals surface area contributed by atoms with Crippen LogP contribution in [0.15, 0.2) is 92.8 Å². The first kappa shape index (κ1) is 74.8. The Hall–Kier alpha value is -4.19. The zero-order valence-corrected chi connectivity index (χ0v) is 53.9. The molecule has 13 rings (SSSR count). The smallest absolute Gasteiger partial charge is 0.160 e. The van der Waals surface area contributed by atoms with Crippen LogP contribution in [0.1, 0.15) is 64.2 Å². The number of nitrogens with one attached hydrogen (secondary N) is 1. The predicted octanol–water partition coefficient (Wildman–Crippen LogP) is 5.57. The molecule has 0 bridgehead atoms. The monoisotopic (exact) mass is 1140 g/mol. The summed E-state index contributed by atoms with van der Waals surface area (Å²) in [6.45, 7) is 26.5. The molecule has 3 aromatic heterocycles. The van der Waals surface area contributed by atoms with Gasteiger partial charge in [0.2, 0.25) is 0 Å². The Morgan fingerprint density at radius 3 is 1.06 bits per heavy atom. The number of likely N-dealkylation sites (N-methyl/N-ethyl adjacent to an activating group) is 5. The molecule has 0 amide bonds. The molecule has 3 aromatic rings. The lowest BCUT2D eigenvalue weighted by Gasteiger charge is -2.24. The molecule has 0 saturated carbocycles. The second-order valence-corrected chi connectivity index (χ2v) is 22.3. The minimum Gasteiger partial charge on any atom is -0.479 e. The van der Waals surface area contributed by atoms with Gasteiger partial charge in [0.25, 0.3) is 0 Å². The molecule has 0 radical (unpaired) electrons. The molecule has 0 aromatic carbocycles. The molecule has 0 aliphatic carbocycles. The van der Waals surface area contributed by atoms with E-state index in [0.717, 1.165) is 65.8 Å². The van der Waals surface area contributed by atoms with Crippen molar-refractivity contribution in [2.24, 2.45) is 21.1 Å². The third-order valence-electron chi connectivity index (χ3n) is 13.6. The van der Waals surface area contributed by atoms with Gasteiger partial charge in [0.1, 0.15) is 18.9 Å². The Kier molecular flexibility index (Phi) is 48.6. The molecule has 20 heteroatoms. The van der Waals surface area contributed by atoms with E-state index in [9.17, 15) is 0 Å². The number of hydrogen-bond donors (Lipinski definition) is 1. The summed E-state index contributed by atoms with van der Waals surface area (Å²) in [5.74, 6) is 0. The van der Waals surface area contributed by atoms with E-state index in [1.54, 1.807) is 29.8 Å². The van der Waals surface area contributed by atoms with Crippen LogP contribution in [-0.4, -0.2) is 299 Å². The number of ether oxygens (including phenoxy) is 3. The van der Waals surface area contributed by atoms with E-state index in [-0.39, 0.29) is 0 Å². The van der Waals surface area contributed by atoms with E-state index in [4.69, 9.17) is 14.2 Å². The molecular formula is C61H121N17O3. The summed E-state index contributed by atoms with van der Waals surface area (Å²) in [6, 6.07) is 4.00. The van der Waals surface area contributed by atoms with Crippen LogP contribution >= 0.6 is 0 Å². The fraction of sp³-hybridized carbons (Fsp3) is 0.754. The molecule has 13 heterocycles. The number of aromatic nitrogens is 6. The van der Waals surface area contributed by atoms with Gasteiger partial charge in [-0.05, 0) is 178 Å². The Morgan fingerprint density at radius 2 is 0.864 bits per heavy atom. The van der Waals surface area contributed by atoms with Gasteiger partial charge >= 0.3 is 0 Å². The Labute approximate surface area is 495 Å². The first-order valence-electron chi connectivity index (χ1n) is 30.3. The zero-order valence-electron chi connectivity index (χ0n) is 53.9. The number of likely N-dealkylation sites (tertiary alicyclic amines) is 4. The lowest BCUT2D eigenvalue weighted by molar-refractivity contribution is 0.0503. The van der Waals surface area contributed by atoms with E-state index in [1.807, 2.05) is 92.3 Å². The lowest BCUT2D eigenvalue weighted by Crippen LogP contribution is -2.40. The van der Waals surface area contributed by atoms with Gasteiger partial charge in [-0.25, -0.2) is 9.97 Å². The van der Waals surface area contributed by atoms with Crippen LogP contribution < -0.4 is 5.32 Å². The molecule has 468 valence electrons. The lowest BCUT2D eigenvalue weighted by atomic mass is 10.1. The maximum absolute atomic E-state index is 5.10. The molecule has 81 heavy (non-hydrogen) atoms. The quantitative estimate of drug-likeness (QED) is 0.282. The summed E-state index contributed by atoms with van der Waals surface area (Å²) < 4.78 is 20.4. The van der Waals surface area contributed by atoms with Crippen molar-refractivity contribution in [1.82, 2.24) is 83.2 Å². The predicted molar refractivity (Wildman–Crippen MR) is 339 cm³/mol. The Balaban J connectivity index is 0.000000440. The standard InChI is InChI=1S/C7H15N.C6H13N.C6H9N.C5H12N2.C5H11NO.C5H11N.C5H7N.C4H6N2.C4H9NO.C4H7NO.C4H9N.C3H5N3.C3H7N/c1-8-6-4-2-3-5-7-8;2*1-7-5-3-2-4-6-7;1-7-4-2-6-3-5-7;1-6-2-4-7-5-3-6;2*1-6-4-2-3-5-6;1-6-3-2-5-4-6;2*1-5-2-3-6-4-5;1-5-3-2-4-5;1-6-3-4-2-5-6;1-4-2-3-4/h2-7H2,1H3;2-6H2,1H3;2-5H,6H2,1H3;6H,2-5H2,1H3;2-5H2,1H3;2-5H2,1H3;2-5H,1H3;2-4H,1H3;2-4H2,1H3;2-3H,4H2,1H3;2-4H2,1H3;2-3H,1H3;2-3H2,1H3. The van der Waals surface area contributed by atoms with E-state index >= 15 is 0 Å². The average Bonchev–Trinajstić information content (AvgIpc) is 4.25. The van der Waals surface area contributed by atoms with Crippen molar-refractivity contribution in [2.45, 2.75) is 64.2 Å². The zero-order chi connectivity index (χ0) is 59.4. The summed E-state index contributed by atoms with van der Waals surface area (Å²) >= 11 is 0. The van der Waals surface area contributed by atoms with Crippen molar-refractivity contribution >= 4 is 0 Å². The van der Waals surface area contributed by atoms with Crippen molar-refractivity contribution in [3.8, 4) is 0 Å². The molecule has 0 unspecified atom stereocenters. The van der Waals surface area contributed by atoms with Crippen molar-refractivity contribution in [3.05, 3.63) is 92.8 Å². The van der Waals surface area contributed by atoms with Crippen LogP contribution in [0.2, 0.25) is 0 Å². The highest BCUT2D eigenvalue weighted by Gasteiger charge is 2.08. The Bertz CT molecular complexity index is 1650. The highest BCUT2D eigenvalue weighted by molar-refractivity contribution is 5.07. The molecule has 8 fully saturated rings. The summed E-state index contributed by atoms with van der Waals surface area (Å²) in [5, 5.41) is 7.00. The van der Waals surface area contributed by atoms with Crippen LogP contribution in [0.5, 0.6) is 0 Å². The summed E-state index contributed by atoms with van der Waals surface area (Å²) in [5.41, 5.74) is 0. The first-order valence-corrected chi connectivity index (χ1v) is 30.3.